The molecule has 1 aromatic heterocycles. The minimum atomic E-state index is -1.07. The highest BCUT2D eigenvalue weighted by molar-refractivity contribution is 7.10. The summed E-state index contributed by atoms with van der Waals surface area (Å²) in [5.41, 5.74) is 0.199. The van der Waals surface area contributed by atoms with Gasteiger partial charge >= 0.3 is 6.09 Å². The third-order valence-electron chi connectivity index (χ3n) is 9.00. The van der Waals surface area contributed by atoms with Crippen molar-refractivity contribution in [2.45, 2.75) is 96.0 Å². The van der Waals surface area contributed by atoms with Crippen LogP contribution in [0.3, 0.4) is 0 Å². The molecular weight excluding hydrogens is 552 g/mol. The SMILES string of the molecule is CCO[C@@H]1C[C@@H]2CN(C(=O)[C@H](C3CCCCC3)N(C(=O)O)C(C)(C)C)[C@H](c3nc(C(=O)c4ccccc4)cs3)CN2C1. The van der Waals surface area contributed by atoms with Gasteiger partial charge in [0.25, 0.3) is 0 Å². The standard InChI is InChI=1S/C32H44N4O5S/c1-5-41-24-16-23-17-35(30(38)27(21-12-8-6-9-13-21)36(31(39)40)32(2,3)4)26(19-34(23)18-24)29-33-25(20-42-29)28(37)22-14-10-7-11-15-22/h7,10-11,14-15,20-21,23-24,26-27H,5-6,8-9,12-13,16-19H2,1-4H3,(H,39,40)/t23-,24-,26+,27+/m1/s1. The van der Waals surface area contributed by atoms with Gasteiger partial charge in [-0.2, -0.15) is 0 Å². The van der Waals surface area contributed by atoms with Gasteiger partial charge in [-0.25, -0.2) is 9.78 Å². The van der Waals surface area contributed by atoms with Gasteiger partial charge < -0.3 is 14.7 Å². The van der Waals surface area contributed by atoms with Crippen LogP contribution in [0.2, 0.25) is 0 Å². The van der Waals surface area contributed by atoms with E-state index in [0.717, 1.165) is 45.1 Å². The van der Waals surface area contributed by atoms with Crippen molar-refractivity contribution in [3.8, 4) is 0 Å². The van der Waals surface area contributed by atoms with E-state index < -0.39 is 17.7 Å². The highest BCUT2D eigenvalue weighted by Crippen LogP contribution is 2.39. The van der Waals surface area contributed by atoms with Gasteiger partial charge in [-0.1, -0.05) is 49.6 Å². The van der Waals surface area contributed by atoms with Crippen LogP contribution >= 0.6 is 11.3 Å². The van der Waals surface area contributed by atoms with Crippen molar-refractivity contribution >= 4 is 29.1 Å². The molecule has 1 aliphatic carbocycles. The number of ether oxygens (including phenoxy) is 1. The largest absolute Gasteiger partial charge is 0.465 e. The second-order valence-corrected chi connectivity index (χ2v) is 13.7. The summed E-state index contributed by atoms with van der Waals surface area (Å²) in [4.78, 5) is 51.3. The van der Waals surface area contributed by atoms with Crippen LogP contribution in [0, 0.1) is 5.92 Å². The minimum absolute atomic E-state index is 0.0356. The highest BCUT2D eigenvalue weighted by Gasteiger charge is 2.49. The fourth-order valence-electron chi connectivity index (χ4n) is 7.09. The van der Waals surface area contributed by atoms with Crippen molar-refractivity contribution in [3.63, 3.8) is 0 Å². The number of hydrogen-bond donors (Lipinski definition) is 1. The summed E-state index contributed by atoms with van der Waals surface area (Å²) in [6, 6.07) is 8.08. The normalized spacial score (nSPS) is 24.3. The Labute approximate surface area is 252 Å². The number of hydrogen-bond acceptors (Lipinski definition) is 7. The van der Waals surface area contributed by atoms with E-state index in [0.29, 0.717) is 36.0 Å². The van der Waals surface area contributed by atoms with Crippen LogP contribution in [0.5, 0.6) is 0 Å². The fourth-order valence-corrected chi connectivity index (χ4v) is 7.99. The van der Waals surface area contributed by atoms with Crippen molar-refractivity contribution in [2.75, 3.05) is 26.2 Å². The lowest BCUT2D eigenvalue weighted by atomic mass is 9.81. The number of piperazine rings is 1. The Balaban J connectivity index is 1.51. The maximum absolute atomic E-state index is 14.8. The molecule has 42 heavy (non-hydrogen) atoms. The van der Waals surface area contributed by atoms with Crippen LogP contribution in [0.1, 0.15) is 93.3 Å². The summed E-state index contributed by atoms with van der Waals surface area (Å²) >= 11 is 1.40. The van der Waals surface area contributed by atoms with Crippen LogP contribution in [0.25, 0.3) is 0 Å². The molecular formula is C32H44N4O5S. The van der Waals surface area contributed by atoms with Gasteiger partial charge in [0.05, 0.1) is 12.1 Å². The number of carbonyl (C=O) groups is 3. The number of carbonyl (C=O) groups excluding carboxylic acids is 2. The molecule has 1 N–H and O–H groups in total. The number of rotatable bonds is 8. The highest BCUT2D eigenvalue weighted by atomic mass is 32.1. The monoisotopic (exact) mass is 596 g/mol. The molecule has 1 saturated carbocycles. The van der Waals surface area contributed by atoms with Gasteiger partial charge in [0.1, 0.15) is 16.7 Å². The molecule has 3 fully saturated rings. The number of aromatic nitrogens is 1. The summed E-state index contributed by atoms with van der Waals surface area (Å²) in [5.74, 6) is -0.325. The number of carboxylic acid groups (broad SMARTS) is 1. The zero-order valence-electron chi connectivity index (χ0n) is 25.2. The maximum Gasteiger partial charge on any atom is 0.408 e. The number of fused-ring (bicyclic) bond motifs is 1. The average Bonchev–Trinajstić information content (AvgIpc) is 3.61. The average molecular weight is 597 g/mol. The predicted octanol–water partition coefficient (Wildman–Crippen LogP) is 5.46. The van der Waals surface area contributed by atoms with Gasteiger partial charge in [-0.05, 0) is 52.9 Å². The van der Waals surface area contributed by atoms with Crippen LogP contribution in [0.15, 0.2) is 35.7 Å². The Kier molecular flexibility index (Phi) is 9.34. The summed E-state index contributed by atoms with van der Waals surface area (Å²) in [7, 11) is 0. The van der Waals surface area contributed by atoms with Gasteiger partial charge in [0.2, 0.25) is 11.7 Å². The molecule has 1 aromatic carbocycles. The molecule has 2 aromatic rings. The zero-order valence-corrected chi connectivity index (χ0v) is 26.0. The van der Waals surface area contributed by atoms with Gasteiger partial charge in [-0.3, -0.25) is 19.4 Å². The lowest BCUT2D eigenvalue weighted by molar-refractivity contribution is -0.147. The molecule has 228 valence electrons. The second-order valence-electron chi connectivity index (χ2n) is 12.9. The molecule has 5 rings (SSSR count). The molecule has 0 radical (unpaired) electrons. The Morgan fingerprint density at radius 2 is 1.81 bits per heavy atom. The predicted molar refractivity (Wildman–Crippen MR) is 162 cm³/mol. The maximum atomic E-state index is 14.8. The molecule has 9 nitrogen and oxygen atoms in total. The van der Waals surface area contributed by atoms with Crippen LogP contribution in [0.4, 0.5) is 4.79 Å². The van der Waals surface area contributed by atoms with Crippen molar-refractivity contribution in [1.29, 1.82) is 0 Å². The number of ketones is 1. The first kappa shape index (κ1) is 30.6. The molecule has 2 saturated heterocycles. The van der Waals surface area contributed by atoms with E-state index in [1.807, 2.05) is 50.8 Å². The molecule has 3 aliphatic rings. The number of nitrogens with zero attached hydrogens (tertiary/aromatic N) is 4. The van der Waals surface area contributed by atoms with Crippen molar-refractivity contribution in [3.05, 3.63) is 52.0 Å². The van der Waals surface area contributed by atoms with Gasteiger partial charge in [-0.15, -0.1) is 11.3 Å². The Hall–Kier alpha value is -2.82. The molecule has 3 heterocycles. The Bertz CT molecular complexity index is 1260. The van der Waals surface area contributed by atoms with E-state index in [1.54, 1.807) is 17.5 Å². The van der Waals surface area contributed by atoms with Crippen molar-refractivity contribution < 1.29 is 24.2 Å². The minimum Gasteiger partial charge on any atom is -0.465 e. The van der Waals surface area contributed by atoms with Crippen LogP contribution in [-0.2, 0) is 9.53 Å². The summed E-state index contributed by atoms with van der Waals surface area (Å²) in [6.07, 6.45) is 4.65. The van der Waals surface area contributed by atoms with E-state index in [1.165, 1.54) is 16.2 Å². The first-order valence-electron chi connectivity index (χ1n) is 15.3. The molecule has 0 spiro atoms. The molecule has 2 amide bonds. The Morgan fingerprint density at radius 1 is 1.10 bits per heavy atom. The molecule has 10 heteroatoms. The van der Waals surface area contributed by atoms with Gasteiger partial charge in [0.15, 0.2) is 0 Å². The van der Waals surface area contributed by atoms with Crippen molar-refractivity contribution in [1.82, 2.24) is 19.7 Å². The smallest absolute Gasteiger partial charge is 0.408 e. The first-order chi connectivity index (χ1) is 20.1. The van der Waals surface area contributed by atoms with Crippen LogP contribution < -0.4 is 0 Å². The van der Waals surface area contributed by atoms with Crippen LogP contribution in [-0.4, -0.2) is 92.5 Å². The molecule has 2 aliphatic heterocycles. The Morgan fingerprint density at radius 3 is 2.45 bits per heavy atom. The van der Waals surface area contributed by atoms with E-state index in [2.05, 4.69) is 4.90 Å². The van der Waals surface area contributed by atoms with E-state index in [4.69, 9.17) is 9.72 Å². The molecule has 0 bridgehead atoms. The van der Waals surface area contributed by atoms with Gasteiger partial charge in [0, 0.05) is 48.8 Å². The topological polar surface area (TPSA) is 103 Å². The number of benzene rings is 1. The third-order valence-corrected chi connectivity index (χ3v) is 9.94. The summed E-state index contributed by atoms with van der Waals surface area (Å²) in [5, 5.41) is 12.9. The zero-order chi connectivity index (χ0) is 30.0. The summed E-state index contributed by atoms with van der Waals surface area (Å²) in [6.45, 7) is 10.1. The first-order valence-corrected chi connectivity index (χ1v) is 16.2. The quantitative estimate of drug-likeness (QED) is 0.404. The second kappa shape index (κ2) is 12.8. The van der Waals surface area contributed by atoms with E-state index >= 15 is 0 Å². The lowest BCUT2D eigenvalue weighted by Gasteiger charge is -2.48. The third kappa shape index (κ3) is 6.40. The van der Waals surface area contributed by atoms with E-state index in [-0.39, 0.29) is 35.8 Å². The number of amides is 2. The van der Waals surface area contributed by atoms with Crippen molar-refractivity contribution in [2.24, 2.45) is 5.92 Å². The molecule has 4 atom stereocenters. The molecule has 0 unspecified atom stereocenters. The van der Waals surface area contributed by atoms with E-state index in [9.17, 15) is 19.5 Å². The summed E-state index contributed by atoms with van der Waals surface area (Å²) < 4.78 is 5.98. The fraction of sp³-hybridized carbons (Fsp3) is 0.625. The lowest BCUT2D eigenvalue weighted by Crippen LogP contribution is -2.63. The number of thiazole rings is 1.